The average molecular weight is 394 g/mol. The molecule has 7 nitrogen and oxygen atoms in total. The van der Waals surface area contributed by atoms with Gasteiger partial charge < -0.3 is 10.1 Å². The van der Waals surface area contributed by atoms with Crippen LogP contribution in [0.4, 0.5) is 15.8 Å². The number of amides is 1. The Hall–Kier alpha value is -2.94. The molecule has 0 aliphatic rings. The monoisotopic (exact) mass is 394 g/mol. The normalized spacial score (nSPS) is 12.1. The molecule has 1 amide bonds. The van der Waals surface area contributed by atoms with Crippen molar-refractivity contribution in [2.75, 3.05) is 23.0 Å². The minimum Gasteiger partial charge on any atom is -0.465 e. The Morgan fingerprint density at radius 3 is 2.41 bits per heavy atom. The topological polar surface area (TPSA) is 92.8 Å². The summed E-state index contributed by atoms with van der Waals surface area (Å²) in [7, 11) is -2.63. The van der Waals surface area contributed by atoms with Crippen LogP contribution in [0, 0.1) is 5.82 Å². The predicted octanol–water partition coefficient (Wildman–Crippen LogP) is 2.41. The molecule has 2 aromatic carbocycles. The van der Waals surface area contributed by atoms with Crippen molar-refractivity contribution in [3.63, 3.8) is 0 Å². The number of carbonyl (C=O) groups excluding carboxylic acids is 2. The van der Waals surface area contributed by atoms with Crippen molar-refractivity contribution < 1.29 is 27.1 Å². The second-order valence-corrected chi connectivity index (χ2v) is 7.64. The fraction of sp³-hybridized carbons (Fsp3) is 0.222. The van der Waals surface area contributed by atoms with Crippen LogP contribution in [0.1, 0.15) is 17.3 Å². The average Bonchev–Trinajstić information content (AvgIpc) is 2.60. The Bertz CT molecular complexity index is 962. The van der Waals surface area contributed by atoms with Crippen molar-refractivity contribution in [1.29, 1.82) is 0 Å². The standard InChI is InChI=1S/C18H19FN2O5S/c1-12(21(27(3,24)25)16-9-5-7-14(19)11-16)17(22)20-15-8-4-6-13(10-15)18(23)26-2/h4-12H,1-3H3,(H,20,22)/t12-/m1/s1. The largest absolute Gasteiger partial charge is 0.465 e. The summed E-state index contributed by atoms with van der Waals surface area (Å²) in [6, 6.07) is 9.81. The van der Waals surface area contributed by atoms with E-state index < -0.39 is 33.8 Å². The highest BCUT2D eigenvalue weighted by atomic mass is 32.2. The van der Waals surface area contributed by atoms with Crippen LogP contribution < -0.4 is 9.62 Å². The zero-order valence-corrected chi connectivity index (χ0v) is 15.8. The number of esters is 1. The van der Waals surface area contributed by atoms with Gasteiger partial charge >= 0.3 is 5.97 Å². The first-order valence-corrected chi connectivity index (χ1v) is 9.72. The number of nitrogens with zero attached hydrogens (tertiary/aromatic N) is 1. The molecular weight excluding hydrogens is 375 g/mol. The van der Waals surface area contributed by atoms with Crippen molar-refractivity contribution in [2.45, 2.75) is 13.0 Å². The first-order chi connectivity index (χ1) is 12.6. The molecule has 2 aromatic rings. The van der Waals surface area contributed by atoms with Gasteiger partial charge in [0.15, 0.2) is 0 Å². The number of rotatable bonds is 6. The number of ether oxygens (including phenoxy) is 1. The number of halogens is 1. The Balaban J connectivity index is 2.29. The lowest BCUT2D eigenvalue weighted by molar-refractivity contribution is -0.116. The maximum absolute atomic E-state index is 13.5. The molecule has 27 heavy (non-hydrogen) atoms. The molecule has 0 saturated carbocycles. The molecule has 0 radical (unpaired) electrons. The second-order valence-electron chi connectivity index (χ2n) is 5.78. The molecule has 0 fully saturated rings. The molecule has 144 valence electrons. The van der Waals surface area contributed by atoms with Gasteiger partial charge in [-0.1, -0.05) is 12.1 Å². The van der Waals surface area contributed by atoms with Crippen molar-refractivity contribution in [1.82, 2.24) is 0 Å². The van der Waals surface area contributed by atoms with Crippen LogP contribution in [0.25, 0.3) is 0 Å². The van der Waals surface area contributed by atoms with Gasteiger partial charge in [-0.15, -0.1) is 0 Å². The third-order valence-corrected chi connectivity index (χ3v) is 4.94. The number of hydrogen-bond acceptors (Lipinski definition) is 5. The van der Waals surface area contributed by atoms with Crippen molar-refractivity contribution in [3.05, 3.63) is 59.9 Å². The van der Waals surface area contributed by atoms with Crippen LogP contribution in [0.5, 0.6) is 0 Å². The highest BCUT2D eigenvalue weighted by Crippen LogP contribution is 2.22. The van der Waals surface area contributed by atoms with Crippen molar-refractivity contribution in [2.24, 2.45) is 0 Å². The molecule has 0 spiro atoms. The van der Waals surface area contributed by atoms with Crippen molar-refractivity contribution >= 4 is 33.3 Å². The van der Waals surface area contributed by atoms with Gasteiger partial charge in [-0.3, -0.25) is 9.10 Å². The van der Waals surface area contributed by atoms with E-state index in [2.05, 4.69) is 10.1 Å². The number of methoxy groups -OCH3 is 1. The molecule has 0 unspecified atom stereocenters. The van der Waals surface area contributed by atoms with Gasteiger partial charge in [-0.05, 0) is 43.3 Å². The van der Waals surface area contributed by atoms with Gasteiger partial charge in [-0.25, -0.2) is 17.6 Å². The molecule has 0 aromatic heterocycles. The molecule has 0 aliphatic heterocycles. The Morgan fingerprint density at radius 2 is 1.81 bits per heavy atom. The van der Waals surface area contributed by atoms with E-state index in [9.17, 15) is 22.4 Å². The van der Waals surface area contributed by atoms with Gasteiger partial charge in [0, 0.05) is 5.69 Å². The van der Waals surface area contributed by atoms with Crippen LogP contribution in [0.2, 0.25) is 0 Å². The Kier molecular flexibility index (Phi) is 6.17. The summed E-state index contributed by atoms with van der Waals surface area (Å²) in [5, 5.41) is 2.55. The second kappa shape index (κ2) is 8.17. The minimum atomic E-state index is -3.87. The fourth-order valence-electron chi connectivity index (χ4n) is 2.51. The lowest BCUT2D eigenvalue weighted by Gasteiger charge is -2.28. The van der Waals surface area contributed by atoms with Crippen LogP contribution in [-0.2, 0) is 19.6 Å². The Labute approximate surface area is 156 Å². The van der Waals surface area contributed by atoms with Crippen LogP contribution >= 0.6 is 0 Å². The van der Waals surface area contributed by atoms with E-state index in [0.29, 0.717) is 5.69 Å². The number of hydrogen-bond donors (Lipinski definition) is 1. The SMILES string of the molecule is COC(=O)c1cccc(NC(=O)[C@@H](C)N(c2cccc(F)c2)S(C)(=O)=O)c1. The summed E-state index contributed by atoms with van der Waals surface area (Å²) in [6.07, 6.45) is 0.930. The van der Waals surface area contributed by atoms with Gasteiger partial charge in [0.25, 0.3) is 0 Å². The van der Waals surface area contributed by atoms with Gasteiger partial charge in [0.05, 0.1) is 24.6 Å². The van der Waals surface area contributed by atoms with E-state index in [1.54, 1.807) is 12.1 Å². The Morgan fingerprint density at radius 1 is 1.15 bits per heavy atom. The molecule has 9 heteroatoms. The number of sulfonamides is 1. The van der Waals surface area contributed by atoms with Crippen molar-refractivity contribution in [3.8, 4) is 0 Å². The summed E-state index contributed by atoms with van der Waals surface area (Å²) in [5.41, 5.74) is 0.555. The summed E-state index contributed by atoms with van der Waals surface area (Å²) in [6.45, 7) is 1.38. The zero-order chi connectivity index (χ0) is 20.2. The van der Waals surface area contributed by atoms with Gasteiger partial charge in [-0.2, -0.15) is 0 Å². The van der Waals surface area contributed by atoms with Crippen LogP contribution in [-0.4, -0.2) is 39.7 Å². The summed E-state index contributed by atoms with van der Waals surface area (Å²) in [5.74, 6) is -1.84. The first kappa shape index (κ1) is 20.4. The summed E-state index contributed by atoms with van der Waals surface area (Å²) in [4.78, 5) is 24.2. The molecule has 0 bridgehead atoms. The predicted molar refractivity (Wildman–Crippen MR) is 99.6 cm³/mol. The molecule has 0 aliphatic carbocycles. The van der Waals surface area contributed by atoms with E-state index in [0.717, 1.165) is 16.6 Å². The molecule has 0 heterocycles. The molecule has 1 atom stereocenters. The maximum atomic E-state index is 13.5. The fourth-order valence-corrected chi connectivity index (χ4v) is 3.68. The van der Waals surface area contributed by atoms with E-state index >= 15 is 0 Å². The van der Waals surface area contributed by atoms with Crippen LogP contribution in [0.3, 0.4) is 0 Å². The number of nitrogens with one attached hydrogen (secondary N) is 1. The van der Waals surface area contributed by atoms with E-state index in [1.807, 2.05) is 0 Å². The zero-order valence-electron chi connectivity index (χ0n) is 15.0. The summed E-state index contributed by atoms with van der Waals surface area (Å²) < 4.78 is 43.3. The highest BCUT2D eigenvalue weighted by Gasteiger charge is 2.29. The van der Waals surface area contributed by atoms with Gasteiger partial charge in [0.2, 0.25) is 15.9 Å². The molecule has 1 N–H and O–H groups in total. The lowest BCUT2D eigenvalue weighted by Crippen LogP contribution is -2.45. The number of benzene rings is 2. The molecule has 2 rings (SSSR count). The third kappa shape index (κ3) is 5.04. The number of carbonyl (C=O) groups is 2. The highest BCUT2D eigenvalue weighted by molar-refractivity contribution is 7.92. The summed E-state index contributed by atoms with van der Waals surface area (Å²) >= 11 is 0. The van der Waals surface area contributed by atoms with Gasteiger partial charge in [0.1, 0.15) is 11.9 Å². The molecular formula is C18H19FN2O5S. The molecule has 0 saturated heterocycles. The minimum absolute atomic E-state index is 0.0310. The van der Waals surface area contributed by atoms with E-state index in [-0.39, 0.29) is 11.3 Å². The first-order valence-electron chi connectivity index (χ1n) is 7.87. The maximum Gasteiger partial charge on any atom is 0.337 e. The lowest BCUT2D eigenvalue weighted by atomic mass is 10.2. The van der Waals surface area contributed by atoms with E-state index in [4.69, 9.17) is 0 Å². The smallest absolute Gasteiger partial charge is 0.337 e. The number of anilines is 2. The van der Waals surface area contributed by atoms with E-state index in [1.165, 1.54) is 44.4 Å². The quantitative estimate of drug-likeness (QED) is 0.760. The third-order valence-electron chi connectivity index (χ3n) is 3.70. The van der Waals surface area contributed by atoms with Crippen LogP contribution in [0.15, 0.2) is 48.5 Å².